The molecule has 6 heteroatoms. The van der Waals surface area contributed by atoms with E-state index in [2.05, 4.69) is 4.90 Å². The Balaban J connectivity index is 1.85. The number of rotatable bonds is 7. The van der Waals surface area contributed by atoms with Crippen LogP contribution in [0.1, 0.15) is 51.4 Å². The van der Waals surface area contributed by atoms with Crippen molar-refractivity contribution in [2.75, 3.05) is 45.6 Å². The lowest BCUT2D eigenvalue weighted by Crippen LogP contribution is -2.50. The molecule has 0 aromatic rings. The van der Waals surface area contributed by atoms with E-state index in [0.717, 1.165) is 32.4 Å². The number of nitrogens with zero attached hydrogens (tertiary/aromatic N) is 2. The van der Waals surface area contributed by atoms with Gasteiger partial charge in [0, 0.05) is 32.8 Å². The number of ether oxygens (including phenoxy) is 1. The molecule has 2 aliphatic rings. The first-order valence-electron chi connectivity index (χ1n) is 8.84. The lowest BCUT2D eigenvalue weighted by Gasteiger charge is -2.38. The number of piperidine rings is 1. The van der Waals surface area contributed by atoms with Crippen LogP contribution < -0.4 is 0 Å². The molecule has 0 spiro atoms. The lowest BCUT2D eigenvalue weighted by molar-refractivity contribution is 0.139. The van der Waals surface area contributed by atoms with E-state index in [1.54, 1.807) is 11.4 Å². The largest absolute Gasteiger partial charge is 0.385 e. The molecule has 1 atom stereocenters. The first kappa shape index (κ1) is 18.2. The molecule has 0 bridgehead atoms. The minimum Gasteiger partial charge on any atom is -0.385 e. The Morgan fingerprint density at radius 1 is 1.00 bits per heavy atom. The van der Waals surface area contributed by atoms with Crippen LogP contribution >= 0.6 is 0 Å². The lowest BCUT2D eigenvalue weighted by atomic mass is 10.1. The Morgan fingerprint density at radius 2 is 1.73 bits per heavy atom. The SMILES string of the molecule is COCCCCS(=O)(=O)N1CCCC(N2CCCCCC2)C1. The number of hydrogen-bond donors (Lipinski definition) is 0. The summed E-state index contributed by atoms with van der Waals surface area (Å²) in [5.74, 6) is 0.267. The van der Waals surface area contributed by atoms with Crippen LogP contribution in [0.15, 0.2) is 0 Å². The number of sulfonamides is 1. The average molecular weight is 333 g/mol. The predicted octanol–water partition coefficient (Wildman–Crippen LogP) is 2.08. The minimum atomic E-state index is -3.09. The molecular formula is C16H32N2O3S. The van der Waals surface area contributed by atoms with E-state index < -0.39 is 10.0 Å². The summed E-state index contributed by atoms with van der Waals surface area (Å²) >= 11 is 0. The molecule has 22 heavy (non-hydrogen) atoms. The van der Waals surface area contributed by atoms with Crippen molar-refractivity contribution in [3.63, 3.8) is 0 Å². The summed E-state index contributed by atoms with van der Waals surface area (Å²) in [6, 6.07) is 0.431. The Kier molecular flexibility index (Phi) is 7.60. The second-order valence-corrected chi connectivity index (χ2v) is 8.71. The fraction of sp³-hybridized carbons (Fsp3) is 1.00. The van der Waals surface area contributed by atoms with E-state index in [-0.39, 0.29) is 5.75 Å². The molecule has 0 aliphatic carbocycles. The van der Waals surface area contributed by atoms with Crippen molar-refractivity contribution in [1.29, 1.82) is 0 Å². The molecule has 2 fully saturated rings. The van der Waals surface area contributed by atoms with Crippen LogP contribution in [0, 0.1) is 0 Å². The van der Waals surface area contributed by atoms with Gasteiger partial charge < -0.3 is 4.74 Å². The molecule has 2 aliphatic heterocycles. The van der Waals surface area contributed by atoms with Gasteiger partial charge in [-0.3, -0.25) is 4.90 Å². The normalized spacial score (nSPS) is 26.0. The van der Waals surface area contributed by atoms with Crippen molar-refractivity contribution in [1.82, 2.24) is 9.21 Å². The summed E-state index contributed by atoms with van der Waals surface area (Å²) in [4.78, 5) is 2.54. The van der Waals surface area contributed by atoms with Gasteiger partial charge in [0.2, 0.25) is 10.0 Å². The van der Waals surface area contributed by atoms with Gasteiger partial charge in [0.05, 0.1) is 5.75 Å². The molecular weight excluding hydrogens is 300 g/mol. The van der Waals surface area contributed by atoms with Crippen molar-refractivity contribution < 1.29 is 13.2 Å². The topological polar surface area (TPSA) is 49.9 Å². The fourth-order valence-corrected chi connectivity index (χ4v) is 5.23. The zero-order valence-electron chi connectivity index (χ0n) is 14.0. The number of hydrogen-bond acceptors (Lipinski definition) is 4. The fourth-order valence-electron chi connectivity index (χ4n) is 3.59. The highest BCUT2D eigenvalue weighted by molar-refractivity contribution is 7.89. The number of likely N-dealkylation sites (tertiary alicyclic amines) is 1. The molecule has 0 amide bonds. The van der Waals surface area contributed by atoms with E-state index in [9.17, 15) is 8.42 Å². The molecule has 0 aromatic heterocycles. The maximum absolute atomic E-state index is 12.5. The van der Waals surface area contributed by atoms with Crippen LogP contribution in [0.25, 0.3) is 0 Å². The molecule has 2 saturated heterocycles. The van der Waals surface area contributed by atoms with Gasteiger partial charge in [0.25, 0.3) is 0 Å². The van der Waals surface area contributed by atoms with E-state index in [4.69, 9.17) is 4.74 Å². The van der Waals surface area contributed by atoms with Gasteiger partial charge >= 0.3 is 0 Å². The zero-order chi connectivity index (χ0) is 15.8. The standard InChI is InChI=1S/C16H32N2O3S/c1-21-13-6-7-14-22(19,20)18-12-8-9-16(15-18)17-10-4-2-3-5-11-17/h16H,2-15H2,1H3. The second-order valence-electron chi connectivity index (χ2n) is 6.62. The highest BCUT2D eigenvalue weighted by Gasteiger charge is 2.31. The Labute approximate surface area is 136 Å². The first-order valence-corrected chi connectivity index (χ1v) is 10.5. The van der Waals surface area contributed by atoms with E-state index in [1.165, 1.54) is 25.7 Å². The molecule has 0 aromatic carbocycles. The van der Waals surface area contributed by atoms with Crippen molar-refractivity contribution in [3.05, 3.63) is 0 Å². The van der Waals surface area contributed by atoms with Crippen LogP contribution in [0.3, 0.4) is 0 Å². The third kappa shape index (κ3) is 5.48. The summed E-state index contributed by atoms with van der Waals surface area (Å²) in [5, 5.41) is 0. The smallest absolute Gasteiger partial charge is 0.214 e. The van der Waals surface area contributed by atoms with Crippen LogP contribution in [0.4, 0.5) is 0 Å². The minimum absolute atomic E-state index is 0.267. The monoisotopic (exact) mass is 332 g/mol. The Morgan fingerprint density at radius 3 is 2.41 bits per heavy atom. The summed E-state index contributed by atoms with van der Waals surface area (Å²) < 4.78 is 31.8. The molecule has 0 N–H and O–H groups in total. The van der Waals surface area contributed by atoms with Crippen LogP contribution in [0.2, 0.25) is 0 Å². The number of unbranched alkanes of at least 4 members (excludes halogenated alkanes) is 1. The van der Waals surface area contributed by atoms with Gasteiger partial charge in [0.15, 0.2) is 0 Å². The average Bonchev–Trinajstić information content (AvgIpc) is 2.81. The van der Waals surface area contributed by atoms with Crippen molar-refractivity contribution >= 4 is 10.0 Å². The third-order valence-corrected chi connectivity index (χ3v) is 6.83. The summed E-state index contributed by atoms with van der Waals surface area (Å²) in [6.07, 6.45) is 8.84. The highest BCUT2D eigenvalue weighted by atomic mass is 32.2. The zero-order valence-corrected chi connectivity index (χ0v) is 14.8. The van der Waals surface area contributed by atoms with Crippen molar-refractivity contribution in [2.24, 2.45) is 0 Å². The van der Waals surface area contributed by atoms with Gasteiger partial charge in [0.1, 0.15) is 0 Å². The maximum atomic E-state index is 12.5. The maximum Gasteiger partial charge on any atom is 0.214 e. The predicted molar refractivity (Wildman–Crippen MR) is 89.5 cm³/mol. The van der Waals surface area contributed by atoms with Gasteiger partial charge in [-0.2, -0.15) is 0 Å². The quantitative estimate of drug-likeness (QED) is 0.670. The van der Waals surface area contributed by atoms with Gasteiger partial charge in [-0.15, -0.1) is 0 Å². The summed E-state index contributed by atoms with van der Waals surface area (Å²) in [6.45, 7) is 4.34. The molecule has 0 saturated carbocycles. The molecule has 130 valence electrons. The molecule has 0 radical (unpaired) electrons. The molecule has 5 nitrogen and oxygen atoms in total. The highest BCUT2D eigenvalue weighted by Crippen LogP contribution is 2.22. The van der Waals surface area contributed by atoms with Gasteiger partial charge in [-0.25, -0.2) is 12.7 Å². The van der Waals surface area contributed by atoms with E-state index in [0.29, 0.717) is 32.2 Å². The van der Waals surface area contributed by atoms with Crippen molar-refractivity contribution in [3.8, 4) is 0 Å². The van der Waals surface area contributed by atoms with Crippen LogP contribution in [-0.2, 0) is 14.8 Å². The van der Waals surface area contributed by atoms with E-state index >= 15 is 0 Å². The van der Waals surface area contributed by atoms with Crippen molar-refractivity contribution in [2.45, 2.75) is 57.4 Å². The third-order valence-electron chi connectivity index (χ3n) is 4.91. The summed E-state index contributed by atoms with van der Waals surface area (Å²) in [5.41, 5.74) is 0. The molecule has 1 unspecified atom stereocenters. The van der Waals surface area contributed by atoms with E-state index in [1.807, 2.05) is 0 Å². The second kappa shape index (κ2) is 9.21. The summed E-state index contributed by atoms with van der Waals surface area (Å²) in [7, 11) is -1.44. The molecule has 2 heterocycles. The Bertz CT molecular complexity index is 406. The van der Waals surface area contributed by atoms with Gasteiger partial charge in [-0.05, 0) is 51.6 Å². The van der Waals surface area contributed by atoms with Crippen LogP contribution in [-0.4, -0.2) is 69.3 Å². The first-order chi connectivity index (χ1) is 10.6. The Hall–Kier alpha value is -0.170. The van der Waals surface area contributed by atoms with Crippen LogP contribution in [0.5, 0.6) is 0 Å². The van der Waals surface area contributed by atoms with Gasteiger partial charge in [-0.1, -0.05) is 12.8 Å². The molecule has 2 rings (SSSR count). The number of methoxy groups -OCH3 is 1.